The fourth-order valence-electron chi connectivity index (χ4n) is 1.95. The molecule has 2 heterocycles. The first-order valence-electron chi connectivity index (χ1n) is 6.95. The van der Waals surface area contributed by atoms with E-state index in [0.717, 1.165) is 4.47 Å². The first-order valence-corrected chi connectivity index (χ1v) is 8.62. The maximum atomic E-state index is 12.0. The molecule has 0 aliphatic heterocycles. The van der Waals surface area contributed by atoms with Crippen molar-refractivity contribution in [3.05, 3.63) is 64.0 Å². The minimum absolute atomic E-state index is 0.125. The summed E-state index contributed by atoms with van der Waals surface area (Å²) in [5.41, 5.74) is 1.29. The number of carbonyl (C=O) groups excluding carboxylic acids is 2. The van der Waals surface area contributed by atoms with Gasteiger partial charge in [0.1, 0.15) is 0 Å². The molecule has 0 aliphatic rings. The third-order valence-electron chi connectivity index (χ3n) is 2.97. The first kappa shape index (κ1) is 16.4. The number of rotatable bonds is 5. The van der Waals surface area contributed by atoms with Crippen molar-refractivity contribution in [2.24, 2.45) is 0 Å². The molecule has 1 aromatic carbocycles. The van der Waals surface area contributed by atoms with Crippen LogP contribution in [-0.4, -0.2) is 16.8 Å². The second kappa shape index (κ2) is 7.41. The summed E-state index contributed by atoms with van der Waals surface area (Å²) in [5, 5.41) is 7.58. The number of nitrogens with zero attached hydrogens (tertiary/aromatic N) is 1. The number of carbonyl (C=O) groups is 2. The summed E-state index contributed by atoms with van der Waals surface area (Å²) >= 11 is 4.61. The molecule has 0 fully saturated rings. The van der Waals surface area contributed by atoms with Crippen LogP contribution in [0.25, 0.3) is 0 Å². The van der Waals surface area contributed by atoms with Gasteiger partial charge >= 0.3 is 0 Å². The second-order valence-corrected chi connectivity index (χ2v) is 6.58. The number of hydrogen-bond donors (Lipinski definition) is 2. The van der Waals surface area contributed by atoms with Crippen molar-refractivity contribution in [1.29, 1.82) is 0 Å². The van der Waals surface area contributed by atoms with Gasteiger partial charge in [0.25, 0.3) is 5.91 Å². The SMILES string of the molecule is O=C(Cc1csc(NC(=O)c2ccco2)n1)Nc1cccc(Br)c1. The number of anilines is 2. The number of aromatic nitrogens is 1. The lowest BCUT2D eigenvalue weighted by atomic mass is 10.3. The van der Waals surface area contributed by atoms with Crippen molar-refractivity contribution in [2.75, 3.05) is 10.6 Å². The Bertz CT molecular complexity index is 861. The lowest BCUT2D eigenvalue weighted by Gasteiger charge is -2.04. The highest BCUT2D eigenvalue weighted by Crippen LogP contribution is 2.19. The monoisotopic (exact) mass is 405 g/mol. The number of amides is 2. The molecule has 0 bridgehead atoms. The van der Waals surface area contributed by atoms with Gasteiger partial charge in [-0.15, -0.1) is 11.3 Å². The van der Waals surface area contributed by atoms with Crippen molar-refractivity contribution in [3.8, 4) is 0 Å². The summed E-state index contributed by atoms with van der Waals surface area (Å²) in [6, 6.07) is 10.5. The maximum absolute atomic E-state index is 12.0. The molecule has 2 amide bonds. The van der Waals surface area contributed by atoms with E-state index in [0.29, 0.717) is 16.5 Å². The fraction of sp³-hybridized carbons (Fsp3) is 0.0625. The molecule has 0 aliphatic carbocycles. The Hall–Kier alpha value is -2.45. The normalized spacial score (nSPS) is 10.4. The first-order chi connectivity index (χ1) is 11.6. The standard InChI is InChI=1S/C16H12BrN3O3S/c17-10-3-1-4-11(7-10)18-14(21)8-12-9-24-16(19-12)20-15(22)13-5-2-6-23-13/h1-7,9H,8H2,(H,18,21)(H,19,20,22). The molecule has 2 N–H and O–H groups in total. The molecule has 122 valence electrons. The van der Waals surface area contributed by atoms with E-state index < -0.39 is 0 Å². The number of nitrogens with one attached hydrogen (secondary N) is 2. The van der Waals surface area contributed by atoms with Gasteiger partial charge in [0.05, 0.1) is 18.4 Å². The highest BCUT2D eigenvalue weighted by Gasteiger charge is 2.13. The lowest BCUT2D eigenvalue weighted by Crippen LogP contribution is -2.15. The summed E-state index contributed by atoms with van der Waals surface area (Å²) < 4.78 is 5.90. The van der Waals surface area contributed by atoms with Crippen molar-refractivity contribution in [1.82, 2.24) is 4.98 Å². The highest BCUT2D eigenvalue weighted by atomic mass is 79.9. The Labute approximate surface area is 150 Å². The summed E-state index contributed by atoms with van der Waals surface area (Å²) in [7, 11) is 0. The van der Waals surface area contributed by atoms with Gasteiger partial charge in [-0.2, -0.15) is 0 Å². The van der Waals surface area contributed by atoms with Crippen LogP contribution in [0.1, 0.15) is 16.2 Å². The van der Waals surface area contributed by atoms with Gasteiger partial charge in [0.15, 0.2) is 10.9 Å². The number of thiazole rings is 1. The van der Waals surface area contributed by atoms with Crippen LogP contribution in [0.4, 0.5) is 10.8 Å². The van der Waals surface area contributed by atoms with E-state index in [1.54, 1.807) is 23.6 Å². The van der Waals surface area contributed by atoms with Gasteiger partial charge < -0.3 is 9.73 Å². The Morgan fingerprint density at radius 2 is 2.08 bits per heavy atom. The van der Waals surface area contributed by atoms with Crippen LogP contribution in [-0.2, 0) is 11.2 Å². The molecule has 0 radical (unpaired) electrons. The zero-order chi connectivity index (χ0) is 16.9. The fourth-order valence-corrected chi connectivity index (χ4v) is 3.05. The van der Waals surface area contributed by atoms with Crippen LogP contribution in [0, 0.1) is 0 Å². The smallest absolute Gasteiger partial charge is 0.293 e. The largest absolute Gasteiger partial charge is 0.459 e. The molecule has 0 atom stereocenters. The van der Waals surface area contributed by atoms with E-state index in [-0.39, 0.29) is 24.0 Å². The average molecular weight is 406 g/mol. The summed E-state index contributed by atoms with van der Waals surface area (Å²) in [5.74, 6) is -0.346. The van der Waals surface area contributed by atoms with Crippen LogP contribution >= 0.6 is 27.3 Å². The minimum Gasteiger partial charge on any atom is -0.459 e. The quantitative estimate of drug-likeness (QED) is 0.673. The van der Waals surface area contributed by atoms with Gasteiger partial charge in [-0.3, -0.25) is 14.9 Å². The third-order valence-corrected chi connectivity index (χ3v) is 4.27. The average Bonchev–Trinajstić information content (AvgIpc) is 3.19. The predicted octanol–water partition coefficient (Wildman–Crippen LogP) is 3.93. The molecule has 0 saturated carbocycles. The lowest BCUT2D eigenvalue weighted by molar-refractivity contribution is -0.115. The van der Waals surface area contributed by atoms with Crippen LogP contribution in [0.15, 0.2) is 56.9 Å². The van der Waals surface area contributed by atoms with Crippen molar-refractivity contribution in [3.63, 3.8) is 0 Å². The topological polar surface area (TPSA) is 84.2 Å². The predicted molar refractivity (Wildman–Crippen MR) is 95.3 cm³/mol. The number of halogens is 1. The van der Waals surface area contributed by atoms with Gasteiger partial charge in [0.2, 0.25) is 5.91 Å². The number of benzene rings is 1. The Kier molecular flexibility index (Phi) is 5.07. The number of furan rings is 1. The summed E-state index contributed by atoms with van der Waals surface area (Å²) in [4.78, 5) is 28.1. The molecule has 8 heteroatoms. The maximum Gasteiger partial charge on any atom is 0.293 e. The molecular weight excluding hydrogens is 394 g/mol. The van der Waals surface area contributed by atoms with E-state index in [9.17, 15) is 9.59 Å². The summed E-state index contributed by atoms with van der Waals surface area (Å²) in [6.07, 6.45) is 1.55. The Morgan fingerprint density at radius 3 is 2.83 bits per heavy atom. The molecule has 24 heavy (non-hydrogen) atoms. The van der Waals surface area contributed by atoms with E-state index in [2.05, 4.69) is 31.5 Å². The number of hydrogen-bond acceptors (Lipinski definition) is 5. The van der Waals surface area contributed by atoms with Crippen LogP contribution in [0.5, 0.6) is 0 Å². The molecule has 3 aromatic rings. The minimum atomic E-state index is -0.375. The third kappa shape index (κ3) is 4.30. The van der Waals surface area contributed by atoms with E-state index in [1.807, 2.05) is 18.2 Å². The molecular formula is C16H12BrN3O3S. The van der Waals surface area contributed by atoms with E-state index in [4.69, 9.17) is 4.42 Å². The Balaban J connectivity index is 1.57. The summed E-state index contributed by atoms with van der Waals surface area (Å²) in [6.45, 7) is 0. The molecule has 6 nitrogen and oxygen atoms in total. The van der Waals surface area contributed by atoms with Crippen molar-refractivity contribution in [2.45, 2.75) is 6.42 Å². The molecule has 0 spiro atoms. The van der Waals surface area contributed by atoms with E-state index in [1.165, 1.54) is 17.6 Å². The van der Waals surface area contributed by atoms with Crippen molar-refractivity contribution >= 4 is 49.9 Å². The van der Waals surface area contributed by atoms with Crippen LogP contribution in [0.3, 0.4) is 0 Å². The molecule has 3 rings (SSSR count). The molecule has 0 saturated heterocycles. The van der Waals surface area contributed by atoms with Crippen LogP contribution < -0.4 is 10.6 Å². The van der Waals surface area contributed by atoms with E-state index >= 15 is 0 Å². The van der Waals surface area contributed by atoms with Gasteiger partial charge in [-0.05, 0) is 30.3 Å². The van der Waals surface area contributed by atoms with Gasteiger partial charge in [-0.25, -0.2) is 4.98 Å². The zero-order valence-corrected chi connectivity index (χ0v) is 14.7. The highest BCUT2D eigenvalue weighted by molar-refractivity contribution is 9.10. The second-order valence-electron chi connectivity index (χ2n) is 4.81. The Morgan fingerprint density at radius 1 is 1.21 bits per heavy atom. The molecule has 0 unspecified atom stereocenters. The van der Waals surface area contributed by atoms with Gasteiger partial charge in [-0.1, -0.05) is 22.0 Å². The van der Waals surface area contributed by atoms with Crippen LogP contribution in [0.2, 0.25) is 0 Å². The zero-order valence-electron chi connectivity index (χ0n) is 12.3. The van der Waals surface area contributed by atoms with Crippen molar-refractivity contribution < 1.29 is 14.0 Å². The van der Waals surface area contributed by atoms with Gasteiger partial charge in [0, 0.05) is 15.5 Å². The molecule has 2 aromatic heterocycles.